The van der Waals surface area contributed by atoms with Gasteiger partial charge in [-0.2, -0.15) is 0 Å². The standard InChI is InChI=1S/C14H12Cl2O3S/c1-17-8-4-13(20-7-8)14(16)9-5-11-12(6-10(9)15)19-3-2-18-11/h4-7,14H,2-3H2,1H3. The molecule has 1 unspecified atom stereocenters. The van der Waals surface area contributed by atoms with Gasteiger partial charge in [0.1, 0.15) is 19.0 Å². The summed E-state index contributed by atoms with van der Waals surface area (Å²) in [6.07, 6.45) is 0. The van der Waals surface area contributed by atoms with Crippen molar-refractivity contribution in [1.82, 2.24) is 0 Å². The number of benzene rings is 1. The van der Waals surface area contributed by atoms with Gasteiger partial charge < -0.3 is 14.2 Å². The summed E-state index contributed by atoms with van der Waals surface area (Å²) in [7, 11) is 1.63. The topological polar surface area (TPSA) is 27.7 Å². The van der Waals surface area contributed by atoms with Crippen LogP contribution in [0.15, 0.2) is 23.6 Å². The summed E-state index contributed by atoms with van der Waals surface area (Å²) in [5.74, 6) is 2.15. The molecule has 2 heterocycles. The number of halogens is 2. The van der Waals surface area contributed by atoms with E-state index in [0.717, 1.165) is 16.2 Å². The Morgan fingerprint density at radius 1 is 1.20 bits per heavy atom. The Labute approximate surface area is 131 Å². The molecule has 2 aromatic rings. The maximum atomic E-state index is 6.52. The third kappa shape index (κ3) is 2.55. The van der Waals surface area contributed by atoms with Crippen LogP contribution in [-0.2, 0) is 0 Å². The van der Waals surface area contributed by atoms with Gasteiger partial charge in [-0.05, 0) is 17.7 Å². The van der Waals surface area contributed by atoms with E-state index in [0.29, 0.717) is 29.7 Å². The summed E-state index contributed by atoms with van der Waals surface area (Å²) in [4.78, 5) is 0.974. The van der Waals surface area contributed by atoms with Crippen LogP contribution < -0.4 is 14.2 Å². The Morgan fingerprint density at radius 2 is 1.90 bits per heavy atom. The third-order valence-corrected chi connectivity index (χ3v) is 4.92. The molecule has 0 radical (unpaired) electrons. The van der Waals surface area contributed by atoms with E-state index < -0.39 is 0 Å². The van der Waals surface area contributed by atoms with Crippen molar-refractivity contribution in [2.75, 3.05) is 20.3 Å². The monoisotopic (exact) mass is 330 g/mol. The van der Waals surface area contributed by atoms with Crippen LogP contribution in [-0.4, -0.2) is 20.3 Å². The van der Waals surface area contributed by atoms with Crippen LogP contribution in [0.25, 0.3) is 0 Å². The molecular weight excluding hydrogens is 319 g/mol. The van der Waals surface area contributed by atoms with Crippen LogP contribution in [0, 0.1) is 0 Å². The molecule has 0 N–H and O–H groups in total. The van der Waals surface area contributed by atoms with Gasteiger partial charge in [0.25, 0.3) is 0 Å². The minimum atomic E-state index is -0.341. The number of hydrogen-bond acceptors (Lipinski definition) is 4. The van der Waals surface area contributed by atoms with Crippen molar-refractivity contribution < 1.29 is 14.2 Å². The highest BCUT2D eigenvalue weighted by molar-refractivity contribution is 7.10. The van der Waals surface area contributed by atoms with Crippen molar-refractivity contribution in [3.05, 3.63) is 39.0 Å². The Balaban J connectivity index is 1.96. The Bertz CT molecular complexity index is 627. The van der Waals surface area contributed by atoms with Crippen molar-refractivity contribution in [2.24, 2.45) is 0 Å². The van der Waals surface area contributed by atoms with E-state index in [4.69, 9.17) is 37.4 Å². The Morgan fingerprint density at radius 3 is 2.55 bits per heavy atom. The second kappa shape index (κ2) is 5.72. The summed E-state index contributed by atoms with van der Waals surface area (Å²) in [5, 5.41) is 2.14. The van der Waals surface area contributed by atoms with Crippen LogP contribution in [0.3, 0.4) is 0 Å². The number of fused-ring (bicyclic) bond motifs is 1. The fourth-order valence-corrected chi connectivity index (χ4v) is 3.57. The SMILES string of the molecule is COc1csc(C(Cl)c2cc3c(cc2Cl)OCCO3)c1. The van der Waals surface area contributed by atoms with Gasteiger partial charge in [0.2, 0.25) is 0 Å². The lowest BCUT2D eigenvalue weighted by Gasteiger charge is -2.21. The van der Waals surface area contributed by atoms with E-state index in [1.165, 1.54) is 11.3 Å². The van der Waals surface area contributed by atoms with E-state index in [-0.39, 0.29) is 5.38 Å². The molecule has 1 atom stereocenters. The first-order valence-electron chi connectivity index (χ1n) is 6.04. The molecule has 0 bridgehead atoms. The van der Waals surface area contributed by atoms with Crippen molar-refractivity contribution in [3.8, 4) is 17.2 Å². The summed E-state index contributed by atoms with van der Waals surface area (Å²) < 4.78 is 16.2. The van der Waals surface area contributed by atoms with E-state index >= 15 is 0 Å². The van der Waals surface area contributed by atoms with E-state index in [1.807, 2.05) is 17.5 Å². The van der Waals surface area contributed by atoms with Gasteiger partial charge in [-0.1, -0.05) is 11.6 Å². The number of methoxy groups -OCH3 is 1. The van der Waals surface area contributed by atoms with Crippen LogP contribution in [0.4, 0.5) is 0 Å². The summed E-state index contributed by atoms with van der Waals surface area (Å²) in [6.45, 7) is 1.07. The molecule has 3 nitrogen and oxygen atoms in total. The first-order chi connectivity index (χ1) is 9.69. The maximum absolute atomic E-state index is 6.52. The third-order valence-electron chi connectivity index (χ3n) is 3.02. The Kier molecular flexibility index (Phi) is 3.96. The zero-order valence-corrected chi connectivity index (χ0v) is 13.0. The first kappa shape index (κ1) is 13.9. The molecular formula is C14H12Cl2O3S. The number of ether oxygens (including phenoxy) is 3. The molecule has 0 saturated carbocycles. The quantitative estimate of drug-likeness (QED) is 0.775. The van der Waals surface area contributed by atoms with Gasteiger partial charge in [0, 0.05) is 21.3 Å². The average Bonchev–Trinajstić information content (AvgIpc) is 2.94. The molecule has 106 valence electrons. The molecule has 0 spiro atoms. The minimum absolute atomic E-state index is 0.341. The van der Waals surface area contributed by atoms with Gasteiger partial charge in [-0.3, -0.25) is 0 Å². The smallest absolute Gasteiger partial charge is 0.162 e. The zero-order chi connectivity index (χ0) is 14.1. The lowest BCUT2D eigenvalue weighted by atomic mass is 10.1. The van der Waals surface area contributed by atoms with Crippen LogP contribution >= 0.6 is 34.5 Å². The number of rotatable bonds is 3. The summed E-state index contributed by atoms with van der Waals surface area (Å²) in [6, 6.07) is 5.52. The van der Waals surface area contributed by atoms with Gasteiger partial charge in [0.15, 0.2) is 11.5 Å². The van der Waals surface area contributed by atoms with E-state index in [1.54, 1.807) is 13.2 Å². The average molecular weight is 331 g/mol. The summed E-state index contributed by atoms with van der Waals surface area (Å²) >= 11 is 14.4. The lowest BCUT2D eigenvalue weighted by molar-refractivity contribution is 0.171. The van der Waals surface area contributed by atoms with Crippen LogP contribution in [0.2, 0.25) is 5.02 Å². The van der Waals surface area contributed by atoms with Gasteiger partial charge in [-0.15, -0.1) is 22.9 Å². The fraction of sp³-hybridized carbons (Fsp3) is 0.286. The van der Waals surface area contributed by atoms with Crippen molar-refractivity contribution in [2.45, 2.75) is 5.38 Å². The molecule has 0 aliphatic carbocycles. The van der Waals surface area contributed by atoms with Gasteiger partial charge >= 0.3 is 0 Å². The number of alkyl halides is 1. The van der Waals surface area contributed by atoms with Crippen molar-refractivity contribution >= 4 is 34.5 Å². The molecule has 0 saturated heterocycles. The van der Waals surface area contributed by atoms with Crippen LogP contribution in [0.1, 0.15) is 15.8 Å². The fourth-order valence-electron chi connectivity index (χ4n) is 2.00. The zero-order valence-electron chi connectivity index (χ0n) is 10.7. The van der Waals surface area contributed by atoms with Gasteiger partial charge in [-0.25, -0.2) is 0 Å². The van der Waals surface area contributed by atoms with E-state index in [2.05, 4.69) is 0 Å². The second-order valence-electron chi connectivity index (χ2n) is 4.27. The molecule has 0 amide bonds. The molecule has 6 heteroatoms. The molecule has 0 fully saturated rings. The maximum Gasteiger partial charge on any atom is 0.162 e. The largest absolute Gasteiger partial charge is 0.496 e. The second-order valence-corrected chi connectivity index (χ2v) is 6.06. The first-order valence-corrected chi connectivity index (χ1v) is 7.74. The summed E-state index contributed by atoms with van der Waals surface area (Å²) in [5.41, 5.74) is 0.807. The predicted octanol–water partition coefficient (Wildman–Crippen LogP) is 4.51. The normalized spacial score (nSPS) is 14.9. The highest BCUT2D eigenvalue weighted by Crippen LogP contribution is 2.43. The van der Waals surface area contributed by atoms with Gasteiger partial charge in [0.05, 0.1) is 12.5 Å². The van der Waals surface area contributed by atoms with E-state index in [9.17, 15) is 0 Å². The molecule has 3 rings (SSSR count). The molecule has 1 aromatic carbocycles. The number of hydrogen-bond donors (Lipinski definition) is 0. The molecule has 1 aromatic heterocycles. The molecule has 20 heavy (non-hydrogen) atoms. The number of thiophene rings is 1. The Hall–Kier alpha value is -1.10. The molecule has 1 aliphatic rings. The van der Waals surface area contributed by atoms with Crippen LogP contribution in [0.5, 0.6) is 17.2 Å². The predicted molar refractivity (Wildman–Crippen MR) is 81.0 cm³/mol. The molecule has 1 aliphatic heterocycles. The van der Waals surface area contributed by atoms with Crippen molar-refractivity contribution in [1.29, 1.82) is 0 Å². The minimum Gasteiger partial charge on any atom is -0.496 e. The highest BCUT2D eigenvalue weighted by Gasteiger charge is 2.21. The highest BCUT2D eigenvalue weighted by atomic mass is 35.5. The lowest BCUT2D eigenvalue weighted by Crippen LogP contribution is -2.15. The van der Waals surface area contributed by atoms with Crippen molar-refractivity contribution in [3.63, 3.8) is 0 Å².